The van der Waals surface area contributed by atoms with E-state index in [0.29, 0.717) is 10.8 Å². The number of anilines is 1. The predicted molar refractivity (Wildman–Crippen MR) is 59.0 cm³/mol. The van der Waals surface area contributed by atoms with E-state index in [4.69, 9.17) is 17.3 Å². The van der Waals surface area contributed by atoms with Gasteiger partial charge in [-0.3, -0.25) is 0 Å². The SMILES string of the molecule is Nc1cc(C#CCCS)cnc1Cl. The molecule has 0 amide bonds. The molecule has 13 heavy (non-hydrogen) atoms. The van der Waals surface area contributed by atoms with Gasteiger partial charge >= 0.3 is 0 Å². The van der Waals surface area contributed by atoms with Gasteiger partial charge in [-0.25, -0.2) is 4.98 Å². The molecule has 0 spiro atoms. The summed E-state index contributed by atoms with van der Waals surface area (Å²) in [7, 11) is 0. The van der Waals surface area contributed by atoms with Crippen LogP contribution < -0.4 is 5.73 Å². The number of thiol groups is 1. The van der Waals surface area contributed by atoms with Crippen molar-refractivity contribution in [1.29, 1.82) is 0 Å². The standard InChI is InChI=1S/C9H9ClN2S/c10-9-8(11)5-7(6-12-9)3-1-2-4-13/h5-6,13H,2,4,11H2. The third-order valence-electron chi connectivity index (χ3n) is 1.34. The molecule has 0 unspecified atom stereocenters. The van der Waals surface area contributed by atoms with Crippen molar-refractivity contribution in [2.45, 2.75) is 6.42 Å². The zero-order valence-electron chi connectivity index (χ0n) is 6.92. The lowest BCUT2D eigenvalue weighted by Crippen LogP contribution is -1.90. The van der Waals surface area contributed by atoms with Crippen molar-refractivity contribution in [2.24, 2.45) is 0 Å². The molecule has 1 aromatic heterocycles. The lowest BCUT2D eigenvalue weighted by molar-refractivity contribution is 1.30. The molecule has 2 N–H and O–H groups in total. The molecule has 0 saturated carbocycles. The Balaban J connectivity index is 2.81. The Morgan fingerprint density at radius 2 is 2.38 bits per heavy atom. The largest absolute Gasteiger partial charge is 0.396 e. The minimum Gasteiger partial charge on any atom is -0.396 e. The average Bonchev–Trinajstić information content (AvgIpc) is 2.12. The number of aromatic nitrogens is 1. The molecule has 1 heterocycles. The molecule has 1 rings (SSSR count). The fraction of sp³-hybridized carbons (Fsp3) is 0.222. The summed E-state index contributed by atoms with van der Waals surface area (Å²) in [5, 5.41) is 0.319. The van der Waals surface area contributed by atoms with E-state index >= 15 is 0 Å². The highest BCUT2D eigenvalue weighted by Crippen LogP contribution is 2.15. The Morgan fingerprint density at radius 3 is 3.00 bits per heavy atom. The smallest absolute Gasteiger partial charge is 0.151 e. The summed E-state index contributed by atoms with van der Waals surface area (Å²) >= 11 is 9.69. The highest BCUT2D eigenvalue weighted by Gasteiger charge is 1.96. The second-order valence-corrected chi connectivity index (χ2v) is 3.18. The van der Waals surface area contributed by atoms with Crippen LogP contribution in [0.2, 0.25) is 5.15 Å². The average molecular weight is 213 g/mol. The minimum absolute atomic E-state index is 0.319. The minimum atomic E-state index is 0.319. The number of hydrogen-bond acceptors (Lipinski definition) is 3. The highest BCUT2D eigenvalue weighted by atomic mass is 35.5. The maximum Gasteiger partial charge on any atom is 0.151 e. The van der Waals surface area contributed by atoms with E-state index in [9.17, 15) is 0 Å². The first-order valence-corrected chi connectivity index (χ1v) is 4.76. The zero-order valence-corrected chi connectivity index (χ0v) is 8.57. The van der Waals surface area contributed by atoms with Gasteiger partial charge in [0.25, 0.3) is 0 Å². The molecule has 0 aromatic carbocycles. The zero-order chi connectivity index (χ0) is 9.68. The predicted octanol–water partition coefficient (Wildman–Crippen LogP) is 1.99. The number of nitrogen functional groups attached to an aromatic ring is 1. The van der Waals surface area contributed by atoms with Gasteiger partial charge in [0.05, 0.1) is 5.69 Å². The lowest BCUT2D eigenvalue weighted by Gasteiger charge is -1.95. The fourth-order valence-electron chi connectivity index (χ4n) is 0.754. The van der Waals surface area contributed by atoms with Gasteiger partial charge in [-0.05, 0) is 6.07 Å². The van der Waals surface area contributed by atoms with Crippen LogP contribution in [0.1, 0.15) is 12.0 Å². The van der Waals surface area contributed by atoms with Crippen molar-refractivity contribution < 1.29 is 0 Å². The van der Waals surface area contributed by atoms with Gasteiger partial charge in [0.2, 0.25) is 0 Å². The van der Waals surface area contributed by atoms with E-state index in [2.05, 4.69) is 29.5 Å². The lowest BCUT2D eigenvalue weighted by atomic mass is 10.2. The number of nitrogens with zero attached hydrogens (tertiary/aromatic N) is 1. The molecule has 0 saturated heterocycles. The van der Waals surface area contributed by atoms with Crippen molar-refractivity contribution in [3.8, 4) is 11.8 Å². The van der Waals surface area contributed by atoms with Crippen LogP contribution in [0, 0.1) is 11.8 Å². The van der Waals surface area contributed by atoms with Gasteiger partial charge in [-0.2, -0.15) is 12.6 Å². The van der Waals surface area contributed by atoms with Crippen LogP contribution in [0.5, 0.6) is 0 Å². The van der Waals surface area contributed by atoms with E-state index in [1.54, 1.807) is 12.3 Å². The number of pyridine rings is 1. The first kappa shape index (κ1) is 10.2. The molecule has 4 heteroatoms. The number of halogens is 1. The molecule has 0 aliphatic heterocycles. The van der Waals surface area contributed by atoms with E-state index in [1.807, 2.05) is 0 Å². The van der Waals surface area contributed by atoms with Crippen LogP contribution in [-0.4, -0.2) is 10.7 Å². The molecule has 2 nitrogen and oxygen atoms in total. The van der Waals surface area contributed by atoms with Gasteiger partial charge in [-0.15, -0.1) is 0 Å². The van der Waals surface area contributed by atoms with Crippen molar-refractivity contribution >= 4 is 29.9 Å². The molecule has 68 valence electrons. The monoisotopic (exact) mass is 212 g/mol. The fourth-order valence-corrected chi connectivity index (χ4v) is 0.969. The normalized spacial score (nSPS) is 9.08. The maximum absolute atomic E-state index is 5.65. The second kappa shape index (κ2) is 5.00. The first-order valence-electron chi connectivity index (χ1n) is 3.75. The summed E-state index contributed by atoms with van der Waals surface area (Å²) < 4.78 is 0. The molecular formula is C9H9ClN2S. The van der Waals surface area contributed by atoms with Crippen molar-refractivity contribution in [2.75, 3.05) is 11.5 Å². The molecule has 0 fully saturated rings. The molecule has 0 aliphatic carbocycles. The van der Waals surface area contributed by atoms with Crippen LogP contribution in [-0.2, 0) is 0 Å². The summed E-state index contributed by atoms with van der Waals surface area (Å²) in [6.45, 7) is 0. The van der Waals surface area contributed by atoms with Crippen LogP contribution in [0.25, 0.3) is 0 Å². The van der Waals surface area contributed by atoms with Gasteiger partial charge in [-0.1, -0.05) is 23.4 Å². The van der Waals surface area contributed by atoms with Crippen molar-refractivity contribution in [3.05, 3.63) is 23.0 Å². The van der Waals surface area contributed by atoms with Crippen LogP contribution >= 0.6 is 24.2 Å². The topological polar surface area (TPSA) is 38.9 Å². The Bertz CT molecular complexity index is 354. The van der Waals surface area contributed by atoms with E-state index in [1.165, 1.54) is 0 Å². The molecule has 1 aromatic rings. The Kier molecular flexibility index (Phi) is 3.94. The van der Waals surface area contributed by atoms with E-state index in [-0.39, 0.29) is 0 Å². The van der Waals surface area contributed by atoms with E-state index < -0.39 is 0 Å². The molecule has 0 atom stereocenters. The highest BCUT2D eigenvalue weighted by molar-refractivity contribution is 7.80. The molecule has 0 aliphatic rings. The number of nitrogens with two attached hydrogens (primary N) is 1. The van der Waals surface area contributed by atoms with Crippen molar-refractivity contribution in [3.63, 3.8) is 0 Å². The van der Waals surface area contributed by atoms with Gasteiger partial charge < -0.3 is 5.73 Å². The summed E-state index contributed by atoms with van der Waals surface area (Å²) in [4.78, 5) is 3.88. The van der Waals surface area contributed by atoms with E-state index in [0.717, 1.165) is 17.7 Å². The maximum atomic E-state index is 5.65. The Morgan fingerprint density at radius 1 is 1.62 bits per heavy atom. The van der Waals surface area contributed by atoms with Crippen LogP contribution in [0.15, 0.2) is 12.3 Å². The van der Waals surface area contributed by atoms with Gasteiger partial charge in [0.1, 0.15) is 0 Å². The number of hydrogen-bond donors (Lipinski definition) is 2. The quantitative estimate of drug-likeness (QED) is 0.425. The summed E-state index contributed by atoms with van der Waals surface area (Å²) in [5.74, 6) is 6.60. The molecular weight excluding hydrogens is 204 g/mol. The summed E-state index contributed by atoms with van der Waals surface area (Å²) in [6, 6.07) is 1.71. The summed E-state index contributed by atoms with van der Waals surface area (Å²) in [6.07, 6.45) is 2.36. The van der Waals surface area contributed by atoms with Crippen molar-refractivity contribution in [1.82, 2.24) is 4.98 Å². The van der Waals surface area contributed by atoms with Gasteiger partial charge in [0.15, 0.2) is 5.15 Å². The third kappa shape index (κ3) is 3.17. The second-order valence-electron chi connectivity index (χ2n) is 2.38. The Hall–Kier alpha value is -0.850. The third-order valence-corrected chi connectivity index (χ3v) is 1.88. The van der Waals surface area contributed by atoms with Crippen LogP contribution in [0.3, 0.4) is 0 Å². The van der Waals surface area contributed by atoms with Crippen LogP contribution in [0.4, 0.5) is 5.69 Å². The summed E-state index contributed by atoms with van der Waals surface area (Å²) in [5.41, 5.74) is 6.79. The molecule has 0 radical (unpaired) electrons. The van der Waals surface area contributed by atoms with Gasteiger partial charge in [0, 0.05) is 23.9 Å². The Labute approximate surface area is 87.9 Å². The molecule has 0 bridgehead atoms. The number of rotatable bonds is 1. The first-order chi connectivity index (χ1) is 6.24.